The lowest BCUT2D eigenvalue weighted by Gasteiger charge is -2.36. The third-order valence-corrected chi connectivity index (χ3v) is 6.97. The molecule has 164 valence electrons. The number of para-hydroxylation sites is 1. The first-order valence-corrected chi connectivity index (χ1v) is 10.9. The SMILES string of the molecule is CC(C)c1ccc2c(c1)OC1(O)c3ccccc3C(=O)C21n1c(C(N)=O)cc2ccccc21. The number of ether oxygens (including phenoxy) is 1. The van der Waals surface area contributed by atoms with Crippen LogP contribution in [0, 0.1) is 0 Å². The van der Waals surface area contributed by atoms with Crippen LogP contribution < -0.4 is 10.5 Å². The quantitative estimate of drug-likeness (QED) is 0.505. The lowest BCUT2D eigenvalue weighted by Crippen LogP contribution is -2.54. The van der Waals surface area contributed by atoms with E-state index in [9.17, 15) is 14.7 Å². The van der Waals surface area contributed by atoms with Crippen molar-refractivity contribution < 1.29 is 19.4 Å². The second kappa shape index (κ2) is 6.33. The van der Waals surface area contributed by atoms with E-state index in [2.05, 4.69) is 13.8 Å². The fourth-order valence-electron chi connectivity index (χ4n) is 5.47. The number of Topliss-reactive ketones (excluding diaryl/α,β-unsaturated/α-hetero) is 1. The molecule has 3 aromatic carbocycles. The molecule has 1 aliphatic heterocycles. The van der Waals surface area contributed by atoms with E-state index >= 15 is 0 Å². The molecule has 4 aromatic rings. The monoisotopic (exact) mass is 438 g/mol. The van der Waals surface area contributed by atoms with Crippen molar-refractivity contribution in [3.63, 3.8) is 0 Å². The normalized spacial score (nSPS) is 22.8. The van der Waals surface area contributed by atoms with Crippen molar-refractivity contribution in [2.24, 2.45) is 5.73 Å². The van der Waals surface area contributed by atoms with Gasteiger partial charge in [0.1, 0.15) is 11.4 Å². The van der Waals surface area contributed by atoms with Crippen LogP contribution in [0.25, 0.3) is 10.9 Å². The maximum atomic E-state index is 14.3. The molecule has 33 heavy (non-hydrogen) atoms. The van der Waals surface area contributed by atoms with Crippen LogP contribution in [0.2, 0.25) is 0 Å². The van der Waals surface area contributed by atoms with Crippen molar-refractivity contribution >= 4 is 22.6 Å². The van der Waals surface area contributed by atoms with Gasteiger partial charge in [0.05, 0.1) is 5.52 Å². The second-order valence-electron chi connectivity index (χ2n) is 9.03. The van der Waals surface area contributed by atoms with E-state index in [0.717, 1.165) is 10.9 Å². The average molecular weight is 438 g/mol. The lowest BCUT2D eigenvalue weighted by atomic mass is 9.81. The van der Waals surface area contributed by atoms with Gasteiger partial charge in [0.2, 0.25) is 11.3 Å². The molecule has 3 N–H and O–H groups in total. The van der Waals surface area contributed by atoms with E-state index in [1.807, 2.05) is 42.5 Å². The number of nitrogens with zero attached hydrogens (tertiary/aromatic N) is 1. The summed E-state index contributed by atoms with van der Waals surface area (Å²) in [6.07, 6.45) is 0. The van der Waals surface area contributed by atoms with Gasteiger partial charge < -0.3 is 20.1 Å². The number of aliphatic hydroxyl groups is 1. The predicted molar refractivity (Wildman–Crippen MR) is 123 cm³/mol. The van der Waals surface area contributed by atoms with Crippen LogP contribution >= 0.6 is 0 Å². The Morgan fingerprint density at radius 1 is 1.00 bits per heavy atom. The van der Waals surface area contributed by atoms with Gasteiger partial charge in [0, 0.05) is 22.1 Å². The smallest absolute Gasteiger partial charge is 0.271 e. The number of carbonyl (C=O) groups is 2. The number of hydrogen-bond donors (Lipinski definition) is 2. The van der Waals surface area contributed by atoms with Gasteiger partial charge in [-0.2, -0.15) is 0 Å². The highest BCUT2D eigenvalue weighted by Gasteiger charge is 2.72. The zero-order chi connectivity index (χ0) is 23.1. The maximum Gasteiger partial charge on any atom is 0.271 e. The van der Waals surface area contributed by atoms with E-state index < -0.39 is 17.2 Å². The molecule has 0 fully saturated rings. The highest BCUT2D eigenvalue weighted by Crippen LogP contribution is 2.61. The van der Waals surface area contributed by atoms with Crippen molar-refractivity contribution in [3.05, 3.63) is 101 Å². The first kappa shape index (κ1) is 19.8. The van der Waals surface area contributed by atoms with E-state index in [-0.39, 0.29) is 17.4 Å². The Morgan fingerprint density at radius 3 is 2.48 bits per heavy atom. The molecule has 1 aromatic heterocycles. The summed E-state index contributed by atoms with van der Waals surface area (Å²) in [4.78, 5) is 26.9. The molecule has 6 nitrogen and oxygen atoms in total. The minimum Gasteiger partial charge on any atom is -0.454 e. The second-order valence-corrected chi connectivity index (χ2v) is 9.03. The molecule has 6 rings (SSSR count). The van der Waals surface area contributed by atoms with Gasteiger partial charge in [0.15, 0.2) is 0 Å². The molecule has 2 heterocycles. The zero-order valence-corrected chi connectivity index (χ0v) is 18.2. The fraction of sp³-hybridized carbons (Fsp3) is 0.185. The van der Waals surface area contributed by atoms with Gasteiger partial charge in [-0.25, -0.2) is 0 Å². The van der Waals surface area contributed by atoms with Crippen molar-refractivity contribution in [1.29, 1.82) is 0 Å². The molecule has 2 unspecified atom stereocenters. The molecule has 0 bridgehead atoms. The lowest BCUT2D eigenvalue weighted by molar-refractivity contribution is -0.170. The summed E-state index contributed by atoms with van der Waals surface area (Å²) < 4.78 is 7.86. The Hall–Kier alpha value is -3.90. The van der Waals surface area contributed by atoms with E-state index in [4.69, 9.17) is 10.5 Å². The summed E-state index contributed by atoms with van der Waals surface area (Å²) in [7, 11) is 0. The van der Waals surface area contributed by atoms with E-state index in [1.165, 1.54) is 0 Å². The maximum absolute atomic E-state index is 14.3. The van der Waals surface area contributed by atoms with Crippen LogP contribution in [0.5, 0.6) is 5.75 Å². The molecule has 0 saturated heterocycles. The number of nitrogens with two attached hydrogens (primary N) is 1. The third-order valence-electron chi connectivity index (χ3n) is 6.97. The van der Waals surface area contributed by atoms with Crippen molar-refractivity contribution in [3.8, 4) is 5.75 Å². The Morgan fingerprint density at radius 2 is 1.73 bits per heavy atom. The summed E-state index contributed by atoms with van der Waals surface area (Å²) >= 11 is 0. The molecule has 1 amide bonds. The predicted octanol–water partition coefficient (Wildman–Crippen LogP) is 4.04. The Balaban J connectivity index is 1.80. The van der Waals surface area contributed by atoms with Crippen molar-refractivity contribution in [1.82, 2.24) is 4.57 Å². The number of ketones is 1. The molecular weight excluding hydrogens is 416 g/mol. The largest absolute Gasteiger partial charge is 0.454 e. The Bertz CT molecular complexity index is 1500. The summed E-state index contributed by atoms with van der Waals surface area (Å²) in [5, 5.41) is 13.0. The molecule has 0 saturated carbocycles. The standard InChI is InChI=1S/C27H22N2O4/c1-15(2)16-11-12-20-23(14-16)33-27(32)19-9-5-4-8-18(19)24(30)26(20,27)29-21-10-6-3-7-17(21)13-22(29)25(28)31/h3-15,32H,1-2H3,(H2,28,31). The summed E-state index contributed by atoms with van der Waals surface area (Å²) in [6, 6.07) is 21.5. The third kappa shape index (κ3) is 2.21. The fourth-order valence-corrected chi connectivity index (χ4v) is 5.47. The van der Waals surface area contributed by atoms with Crippen molar-refractivity contribution in [2.75, 3.05) is 0 Å². The van der Waals surface area contributed by atoms with Crippen LogP contribution in [0.15, 0.2) is 72.8 Å². The van der Waals surface area contributed by atoms with Crippen LogP contribution in [-0.4, -0.2) is 21.4 Å². The molecule has 2 atom stereocenters. The number of fused-ring (bicyclic) bond motifs is 6. The highest BCUT2D eigenvalue weighted by molar-refractivity contribution is 6.13. The van der Waals surface area contributed by atoms with E-state index in [1.54, 1.807) is 34.9 Å². The van der Waals surface area contributed by atoms with E-state index in [0.29, 0.717) is 28.0 Å². The van der Waals surface area contributed by atoms with Gasteiger partial charge in [0.25, 0.3) is 11.7 Å². The Kier molecular flexibility index (Phi) is 3.79. The number of rotatable bonds is 3. The van der Waals surface area contributed by atoms with Crippen LogP contribution in [0.3, 0.4) is 0 Å². The van der Waals surface area contributed by atoms with Gasteiger partial charge >= 0.3 is 0 Å². The number of aromatic nitrogens is 1. The van der Waals surface area contributed by atoms with Crippen LogP contribution in [0.1, 0.15) is 57.3 Å². The van der Waals surface area contributed by atoms with Gasteiger partial charge in [-0.3, -0.25) is 9.59 Å². The van der Waals surface area contributed by atoms with Gasteiger partial charge in [-0.15, -0.1) is 0 Å². The molecule has 0 radical (unpaired) electrons. The average Bonchev–Trinajstić information content (AvgIpc) is 3.37. The zero-order valence-electron chi connectivity index (χ0n) is 18.2. The first-order valence-electron chi connectivity index (χ1n) is 10.9. The topological polar surface area (TPSA) is 94.6 Å². The summed E-state index contributed by atoms with van der Waals surface area (Å²) in [6.45, 7) is 4.13. The number of hydrogen-bond acceptors (Lipinski definition) is 4. The van der Waals surface area contributed by atoms with Gasteiger partial charge in [-0.1, -0.05) is 68.4 Å². The molecule has 2 aliphatic rings. The minimum atomic E-state index is -2.05. The van der Waals surface area contributed by atoms with Gasteiger partial charge in [-0.05, 0) is 29.7 Å². The number of carbonyl (C=O) groups excluding carboxylic acids is 2. The number of benzene rings is 3. The van der Waals surface area contributed by atoms with Crippen LogP contribution in [-0.2, 0) is 11.3 Å². The minimum absolute atomic E-state index is 0.125. The summed E-state index contributed by atoms with van der Waals surface area (Å²) in [5.74, 6) is -2.45. The molecular formula is C27H22N2O4. The van der Waals surface area contributed by atoms with Crippen LogP contribution in [0.4, 0.5) is 0 Å². The summed E-state index contributed by atoms with van der Waals surface area (Å²) in [5.41, 5.74) is 7.03. The molecule has 1 aliphatic carbocycles. The molecule has 0 spiro atoms. The number of primary amides is 1. The highest BCUT2D eigenvalue weighted by atomic mass is 16.6. The Labute approximate surface area is 190 Å². The number of amides is 1. The van der Waals surface area contributed by atoms with Crippen molar-refractivity contribution in [2.45, 2.75) is 31.1 Å². The molecule has 6 heteroatoms. The first-order chi connectivity index (χ1) is 15.8.